The van der Waals surface area contributed by atoms with Gasteiger partial charge in [-0.3, -0.25) is 4.68 Å². The van der Waals surface area contributed by atoms with Crippen molar-refractivity contribution in [3.63, 3.8) is 0 Å². The lowest BCUT2D eigenvalue weighted by Gasteiger charge is -2.27. The van der Waals surface area contributed by atoms with Crippen molar-refractivity contribution in [2.75, 3.05) is 11.9 Å². The third kappa shape index (κ3) is 5.32. The van der Waals surface area contributed by atoms with Crippen molar-refractivity contribution in [2.45, 2.75) is 46.8 Å². The van der Waals surface area contributed by atoms with E-state index in [2.05, 4.69) is 15.7 Å². The molecule has 2 amide bonds. The highest BCUT2D eigenvalue weighted by atomic mass is 16.3. The first-order valence-corrected chi connectivity index (χ1v) is 8.54. The molecule has 2 aromatic rings. The van der Waals surface area contributed by atoms with Crippen molar-refractivity contribution in [1.82, 2.24) is 15.1 Å². The van der Waals surface area contributed by atoms with Crippen molar-refractivity contribution in [1.29, 1.82) is 0 Å². The topological polar surface area (TPSA) is 79.2 Å². The van der Waals surface area contributed by atoms with Gasteiger partial charge in [0, 0.05) is 17.9 Å². The molecule has 0 spiro atoms. The van der Waals surface area contributed by atoms with Gasteiger partial charge in [-0.25, -0.2) is 4.79 Å². The number of urea groups is 1. The van der Waals surface area contributed by atoms with Gasteiger partial charge in [-0.15, -0.1) is 0 Å². The molecule has 1 atom stereocenters. The SMILES string of the molecule is Cc1cc(C)n(Cc2cccc(NC(=O)NCC(C)(O)C(C)C)c2)n1. The van der Waals surface area contributed by atoms with E-state index >= 15 is 0 Å². The van der Waals surface area contributed by atoms with Crippen LogP contribution in [0.3, 0.4) is 0 Å². The molecule has 3 N–H and O–H groups in total. The molecule has 136 valence electrons. The summed E-state index contributed by atoms with van der Waals surface area (Å²) in [6.07, 6.45) is 0. The Kier molecular flexibility index (Phi) is 5.85. The predicted octanol–water partition coefficient (Wildman–Crippen LogP) is 3.08. The van der Waals surface area contributed by atoms with Crippen molar-refractivity contribution in [2.24, 2.45) is 5.92 Å². The molecule has 2 rings (SSSR count). The Morgan fingerprint density at radius 1 is 1.32 bits per heavy atom. The molecule has 0 saturated heterocycles. The molecule has 0 aliphatic rings. The van der Waals surface area contributed by atoms with Gasteiger partial charge in [-0.05, 0) is 50.5 Å². The van der Waals surface area contributed by atoms with E-state index < -0.39 is 5.60 Å². The Morgan fingerprint density at radius 2 is 2.04 bits per heavy atom. The van der Waals surface area contributed by atoms with Gasteiger partial charge in [-0.1, -0.05) is 26.0 Å². The largest absolute Gasteiger partial charge is 0.388 e. The Hall–Kier alpha value is -2.34. The average molecular weight is 344 g/mol. The maximum absolute atomic E-state index is 12.1. The second kappa shape index (κ2) is 7.70. The second-order valence-corrected chi connectivity index (χ2v) is 7.10. The van der Waals surface area contributed by atoms with Gasteiger partial charge in [0.2, 0.25) is 0 Å². The van der Waals surface area contributed by atoms with Crippen LogP contribution in [-0.4, -0.2) is 33.1 Å². The zero-order valence-corrected chi connectivity index (χ0v) is 15.6. The van der Waals surface area contributed by atoms with Crippen LogP contribution in [0.25, 0.3) is 0 Å². The van der Waals surface area contributed by atoms with Crippen molar-refractivity contribution in [3.05, 3.63) is 47.3 Å². The third-order valence-corrected chi connectivity index (χ3v) is 4.47. The first-order chi connectivity index (χ1) is 11.7. The Labute approximate surface area is 149 Å². The monoisotopic (exact) mass is 344 g/mol. The van der Waals surface area contributed by atoms with Crippen LogP contribution in [0.2, 0.25) is 0 Å². The Morgan fingerprint density at radius 3 is 2.64 bits per heavy atom. The first-order valence-electron chi connectivity index (χ1n) is 8.54. The number of anilines is 1. The summed E-state index contributed by atoms with van der Waals surface area (Å²) in [7, 11) is 0. The summed E-state index contributed by atoms with van der Waals surface area (Å²) in [5.74, 6) is 0.0527. The van der Waals surface area contributed by atoms with Gasteiger partial charge in [-0.2, -0.15) is 5.10 Å². The summed E-state index contributed by atoms with van der Waals surface area (Å²) < 4.78 is 1.94. The van der Waals surface area contributed by atoms with E-state index in [1.165, 1.54) is 0 Å². The quantitative estimate of drug-likeness (QED) is 0.753. The van der Waals surface area contributed by atoms with E-state index in [4.69, 9.17) is 0 Å². The van der Waals surface area contributed by atoms with Gasteiger partial charge in [0.1, 0.15) is 0 Å². The highest BCUT2D eigenvalue weighted by Crippen LogP contribution is 2.15. The molecule has 0 bridgehead atoms. The summed E-state index contributed by atoms with van der Waals surface area (Å²) >= 11 is 0. The molecule has 0 aliphatic heterocycles. The van der Waals surface area contributed by atoms with E-state index in [1.54, 1.807) is 6.92 Å². The van der Waals surface area contributed by atoms with E-state index in [1.807, 2.05) is 62.7 Å². The standard InChI is InChI=1S/C19H28N4O2/c1-13(2)19(5,25)12-20-18(24)21-17-8-6-7-16(10-17)11-23-15(4)9-14(3)22-23/h6-10,13,25H,11-12H2,1-5H3,(H2,20,21,24). The van der Waals surface area contributed by atoms with Crippen LogP contribution in [0, 0.1) is 19.8 Å². The molecule has 1 aromatic heterocycles. The molecule has 0 radical (unpaired) electrons. The summed E-state index contributed by atoms with van der Waals surface area (Å²) in [4.78, 5) is 12.1. The maximum Gasteiger partial charge on any atom is 0.319 e. The summed E-state index contributed by atoms with van der Waals surface area (Å²) in [5, 5.41) is 20.2. The van der Waals surface area contributed by atoms with Crippen LogP contribution < -0.4 is 10.6 Å². The fourth-order valence-corrected chi connectivity index (χ4v) is 2.39. The molecule has 25 heavy (non-hydrogen) atoms. The fourth-order valence-electron chi connectivity index (χ4n) is 2.39. The van der Waals surface area contributed by atoms with Gasteiger partial charge >= 0.3 is 6.03 Å². The smallest absolute Gasteiger partial charge is 0.319 e. The molecule has 1 aromatic carbocycles. The van der Waals surface area contributed by atoms with Gasteiger partial charge in [0.05, 0.1) is 17.8 Å². The van der Waals surface area contributed by atoms with E-state index in [0.717, 1.165) is 17.0 Å². The van der Waals surface area contributed by atoms with Gasteiger partial charge in [0.25, 0.3) is 0 Å². The van der Waals surface area contributed by atoms with Crippen molar-refractivity contribution < 1.29 is 9.90 Å². The lowest BCUT2D eigenvalue weighted by Crippen LogP contribution is -2.45. The summed E-state index contributed by atoms with van der Waals surface area (Å²) in [5.41, 5.74) is 2.92. The summed E-state index contributed by atoms with van der Waals surface area (Å²) in [6.45, 7) is 10.4. The molecular weight excluding hydrogens is 316 g/mol. The van der Waals surface area contributed by atoms with Crippen LogP contribution in [0.1, 0.15) is 37.7 Å². The predicted molar refractivity (Wildman–Crippen MR) is 99.7 cm³/mol. The normalized spacial score (nSPS) is 13.6. The zero-order chi connectivity index (χ0) is 18.6. The number of benzene rings is 1. The number of rotatable bonds is 6. The van der Waals surface area contributed by atoms with E-state index in [0.29, 0.717) is 12.2 Å². The highest BCUT2D eigenvalue weighted by Gasteiger charge is 2.25. The Bertz CT molecular complexity index is 735. The maximum atomic E-state index is 12.1. The Balaban J connectivity index is 1.97. The molecule has 1 unspecified atom stereocenters. The number of nitrogens with one attached hydrogen (secondary N) is 2. The lowest BCUT2D eigenvalue weighted by molar-refractivity contribution is 0.0170. The van der Waals surface area contributed by atoms with Crippen molar-refractivity contribution in [3.8, 4) is 0 Å². The van der Waals surface area contributed by atoms with Crippen LogP contribution in [-0.2, 0) is 6.54 Å². The molecule has 0 fully saturated rings. The highest BCUT2D eigenvalue weighted by molar-refractivity contribution is 5.89. The number of hydrogen-bond acceptors (Lipinski definition) is 3. The minimum atomic E-state index is -0.936. The van der Waals surface area contributed by atoms with Crippen LogP contribution in [0.5, 0.6) is 0 Å². The number of aliphatic hydroxyl groups is 1. The number of carbonyl (C=O) groups is 1. The number of aryl methyl sites for hydroxylation is 2. The van der Waals surface area contributed by atoms with E-state index in [9.17, 15) is 9.90 Å². The molecule has 6 heteroatoms. The van der Waals surface area contributed by atoms with Crippen LogP contribution >= 0.6 is 0 Å². The third-order valence-electron chi connectivity index (χ3n) is 4.47. The number of amides is 2. The fraction of sp³-hybridized carbons (Fsp3) is 0.474. The van der Waals surface area contributed by atoms with E-state index in [-0.39, 0.29) is 18.5 Å². The van der Waals surface area contributed by atoms with Crippen molar-refractivity contribution >= 4 is 11.7 Å². The zero-order valence-electron chi connectivity index (χ0n) is 15.6. The molecular formula is C19H28N4O2. The molecule has 6 nitrogen and oxygen atoms in total. The second-order valence-electron chi connectivity index (χ2n) is 7.10. The lowest BCUT2D eigenvalue weighted by atomic mass is 9.93. The minimum absolute atomic E-state index is 0.0527. The average Bonchev–Trinajstić information content (AvgIpc) is 2.83. The van der Waals surface area contributed by atoms with Gasteiger partial charge in [0.15, 0.2) is 0 Å². The van der Waals surface area contributed by atoms with Crippen LogP contribution in [0.15, 0.2) is 30.3 Å². The van der Waals surface area contributed by atoms with Crippen LogP contribution in [0.4, 0.5) is 10.5 Å². The number of hydrogen-bond donors (Lipinski definition) is 3. The molecule has 0 aliphatic carbocycles. The molecule has 0 saturated carbocycles. The van der Waals surface area contributed by atoms with Gasteiger partial charge < -0.3 is 15.7 Å². The summed E-state index contributed by atoms with van der Waals surface area (Å²) in [6, 6.07) is 9.38. The number of aromatic nitrogens is 2. The first kappa shape index (κ1) is 19.0. The molecule has 1 heterocycles. The number of nitrogens with zero attached hydrogens (tertiary/aromatic N) is 2. The minimum Gasteiger partial charge on any atom is -0.388 e. The number of carbonyl (C=O) groups excluding carboxylic acids is 1.